The van der Waals surface area contributed by atoms with E-state index in [1.165, 1.54) is 0 Å². The van der Waals surface area contributed by atoms with Crippen molar-refractivity contribution in [3.8, 4) is 16.5 Å². The fourth-order valence-electron chi connectivity index (χ4n) is 2.67. The second-order valence-electron chi connectivity index (χ2n) is 6.40. The van der Waals surface area contributed by atoms with Gasteiger partial charge in [0.15, 0.2) is 6.10 Å². The van der Waals surface area contributed by atoms with Crippen molar-refractivity contribution >= 4 is 17.2 Å². The zero-order valence-corrected chi connectivity index (χ0v) is 16.7. The summed E-state index contributed by atoms with van der Waals surface area (Å²) >= 11 is 1.54. The molecule has 0 aliphatic rings. The van der Waals surface area contributed by atoms with Gasteiger partial charge in [0.1, 0.15) is 5.75 Å². The lowest BCUT2D eigenvalue weighted by molar-refractivity contribution is -0.138. The minimum Gasteiger partial charge on any atom is -0.480 e. The van der Waals surface area contributed by atoms with Crippen LogP contribution in [0.2, 0.25) is 0 Å². The molecule has 0 aliphatic heterocycles. The van der Waals surface area contributed by atoms with Gasteiger partial charge in [-0.25, -0.2) is 0 Å². The van der Waals surface area contributed by atoms with Gasteiger partial charge in [0.25, 0.3) is 5.91 Å². The van der Waals surface area contributed by atoms with Crippen LogP contribution in [-0.4, -0.2) is 34.1 Å². The van der Waals surface area contributed by atoms with Crippen molar-refractivity contribution in [3.63, 3.8) is 0 Å². The average molecular weight is 385 g/mol. The Morgan fingerprint density at radius 3 is 2.81 bits per heavy atom. The number of nitrogens with zero attached hydrogens (tertiary/aromatic N) is 3. The van der Waals surface area contributed by atoms with E-state index in [0.29, 0.717) is 18.1 Å². The van der Waals surface area contributed by atoms with Crippen molar-refractivity contribution in [1.82, 2.24) is 15.0 Å². The Bertz CT molecular complexity index is 905. The first-order valence-electron chi connectivity index (χ1n) is 8.84. The highest BCUT2D eigenvalue weighted by molar-refractivity contribution is 7.13. The number of benzene rings is 1. The maximum Gasteiger partial charge on any atom is 0.263 e. The Kier molecular flexibility index (Phi) is 5.91. The lowest BCUT2D eigenvalue weighted by atomic mass is 10.1. The summed E-state index contributed by atoms with van der Waals surface area (Å²) in [5, 5.41) is 5.94. The summed E-state index contributed by atoms with van der Waals surface area (Å²) in [5.74, 6) is 1.56. The summed E-state index contributed by atoms with van der Waals surface area (Å²) in [5.41, 5.74) is 2.18. The van der Waals surface area contributed by atoms with Crippen molar-refractivity contribution < 1.29 is 14.1 Å². The van der Waals surface area contributed by atoms with E-state index in [0.717, 1.165) is 21.8 Å². The molecular weight excluding hydrogens is 362 g/mol. The number of ether oxygens (including phenoxy) is 1. The lowest BCUT2D eigenvalue weighted by Gasteiger charge is -2.23. The summed E-state index contributed by atoms with van der Waals surface area (Å²) in [7, 11) is 1.71. The zero-order valence-electron chi connectivity index (χ0n) is 15.9. The number of aryl methyl sites for hydroxylation is 1. The summed E-state index contributed by atoms with van der Waals surface area (Å²) in [6.45, 7) is 6.20. The number of hydrogen-bond acceptors (Lipinski definition) is 6. The van der Waals surface area contributed by atoms with Gasteiger partial charge < -0.3 is 14.2 Å². The molecule has 0 radical (unpaired) electrons. The molecule has 2 heterocycles. The van der Waals surface area contributed by atoms with Gasteiger partial charge in [0, 0.05) is 7.05 Å². The molecule has 27 heavy (non-hydrogen) atoms. The minimum absolute atomic E-state index is 0.116. The molecule has 6 nitrogen and oxygen atoms in total. The summed E-state index contributed by atoms with van der Waals surface area (Å²) in [6, 6.07) is 9.71. The molecule has 7 heteroatoms. The fourth-order valence-corrected chi connectivity index (χ4v) is 3.31. The monoisotopic (exact) mass is 385 g/mol. The molecule has 0 unspecified atom stereocenters. The van der Waals surface area contributed by atoms with Crippen LogP contribution in [0.4, 0.5) is 0 Å². The second kappa shape index (κ2) is 8.35. The van der Waals surface area contributed by atoms with E-state index >= 15 is 0 Å². The number of thiophene rings is 1. The number of carbonyl (C=O) groups is 1. The molecule has 2 aromatic heterocycles. The Labute approximate surface area is 162 Å². The number of carbonyl (C=O) groups excluding carboxylic acids is 1. The van der Waals surface area contributed by atoms with Gasteiger partial charge in [-0.15, -0.1) is 11.3 Å². The minimum atomic E-state index is -0.560. The Morgan fingerprint density at radius 2 is 2.11 bits per heavy atom. The van der Waals surface area contributed by atoms with Crippen LogP contribution in [-0.2, 0) is 11.3 Å². The van der Waals surface area contributed by atoms with E-state index in [-0.39, 0.29) is 12.5 Å². The number of amides is 1. The first-order valence-corrected chi connectivity index (χ1v) is 9.71. The van der Waals surface area contributed by atoms with Crippen molar-refractivity contribution in [1.29, 1.82) is 0 Å². The van der Waals surface area contributed by atoms with Crippen molar-refractivity contribution in [2.45, 2.75) is 39.8 Å². The highest BCUT2D eigenvalue weighted by Crippen LogP contribution is 2.24. The number of aromatic nitrogens is 2. The predicted molar refractivity (Wildman–Crippen MR) is 105 cm³/mol. The third kappa shape index (κ3) is 4.36. The Balaban J connectivity index is 1.67. The third-order valence-corrected chi connectivity index (χ3v) is 5.29. The van der Waals surface area contributed by atoms with E-state index in [4.69, 9.17) is 9.26 Å². The quantitative estimate of drug-likeness (QED) is 0.609. The van der Waals surface area contributed by atoms with E-state index in [1.807, 2.05) is 56.5 Å². The van der Waals surface area contributed by atoms with Gasteiger partial charge in [0.2, 0.25) is 11.7 Å². The molecule has 0 bridgehead atoms. The van der Waals surface area contributed by atoms with Crippen LogP contribution in [0.5, 0.6) is 5.75 Å². The average Bonchev–Trinajstić information content (AvgIpc) is 3.34. The molecule has 3 aromatic rings. The van der Waals surface area contributed by atoms with Crippen LogP contribution >= 0.6 is 11.3 Å². The zero-order chi connectivity index (χ0) is 19.4. The van der Waals surface area contributed by atoms with Crippen molar-refractivity contribution in [3.05, 3.63) is 52.7 Å². The van der Waals surface area contributed by atoms with Crippen LogP contribution in [0.15, 0.2) is 40.2 Å². The van der Waals surface area contributed by atoms with E-state index < -0.39 is 6.10 Å². The molecule has 0 saturated heterocycles. The SMILES string of the molecule is CC[C@H](Oc1cccc(C)c1C)C(=O)N(C)Cc1nc(-c2cccs2)no1. The van der Waals surface area contributed by atoms with Crippen LogP contribution in [0.1, 0.15) is 30.4 Å². The summed E-state index contributed by atoms with van der Waals surface area (Å²) in [6.07, 6.45) is 0.0103. The van der Waals surface area contributed by atoms with Crippen LogP contribution in [0.3, 0.4) is 0 Å². The molecule has 1 aromatic carbocycles. The fraction of sp³-hybridized carbons (Fsp3) is 0.350. The highest BCUT2D eigenvalue weighted by atomic mass is 32.1. The molecule has 142 valence electrons. The second-order valence-corrected chi connectivity index (χ2v) is 7.34. The maximum absolute atomic E-state index is 12.8. The molecule has 0 saturated carbocycles. The van der Waals surface area contributed by atoms with Gasteiger partial charge in [-0.05, 0) is 48.9 Å². The number of rotatable bonds is 7. The highest BCUT2D eigenvalue weighted by Gasteiger charge is 2.24. The number of likely N-dealkylation sites (N-methyl/N-ethyl adjacent to an activating group) is 1. The summed E-state index contributed by atoms with van der Waals surface area (Å²) in [4.78, 5) is 19.7. The van der Waals surface area contributed by atoms with Crippen LogP contribution in [0, 0.1) is 13.8 Å². The van der Waals surface area contributed by atoms with E-state index in [9.17, 15) is 4.79 Å². The smallest absolute Gasteiger partial charge is 0.263 e. The number of hydrogen-bond donors (Lipinski definition) is 0. The normalized spacial score (nSPS) is 12.0. The van der Waals surface area contributed by atoms with Gasteiger partial charge in [0.05, 0.1) is 11.4 Å². The largest absolute Gasteiger partial charge is 0.480 e. The van der Waals surface area contributed by atoms with Gasteiger partial charge in [-0.2, -0.15) is 4.98 Å². The van der Waals surface area contributed by atoms with Crippen LogP contribution < -0.4 is 4.74 Å². The standard InChI is InChI=1S/C20H23N3O3S/c1-5-15(25-16-9-6-8-13(2)14(16)3)20(24)23(4)12-18-21-19(22-26-18)17-10-7-11-27-17/h6-11,15H,5,12H2,1-4H3/t15-/m0/s1. The van der Waals surface area contributed by atoms with Gasteiger partial charge in [-0.3, -0.25) is 4.79 Å². The molecule has 3 rings (SSSR count). The lowest BCUT2D eigenvalue weighted by Crippen LogP contribution is -2.39. The molecule has 0 fully saturated rings. The summed E-state index contributed by atoms with van der Waals surface area (Å²) < 4.78 is 11.3. The van der Waals surface area contributed by atoms with Crippen LogP contribution in [0.25, 0.3) is 10.7 Å². The molecule has 1 amide bonds. The topological polar surface area (TPSA) is 68.5 Å². The Morgan fingerprint density at radius 1 is 1.30 bits per heavy atom. The maximum atomic E-state index is 12.8. The first kappa shape index (κ1) is 19.1. The third-order valence-electron chi connectivity index (χ3n) is 4.43. The van der Waals surface area contributed by atoms with Crippen molar-refractivity contribution in [2.24, 2.45) is 0 Å². The van der Waals surface area contributed by atoms with Crippen molar-refractivity contribution in [2.75, 3.05) is 7.05 Å². The van der Waals surface area contributed by atoms with E-state index in [1.54, 1.807) is 23.3 Å². The predicted octanol–water partition coefficient (Wildman–Crippen LogP) is 4.23. The van der Waals surface area contributed by atoms with Gasteiger partial charge in [-0.1, -0.05) is 30.3 Å². The first-order chi connectivity index (χ1) is 13.0. The molecule has 0 aliphatic carbocycles. The molecule has 0 N–H and O–H groups in total. The van der Waals surface area contributed by atoms with Gasteiger partial charge >= 0.3 is 0 Å². The molecule has 0 spiro atoms. The molecular formula is C20H23N3O3S. The van der Waals surface area contributed by atoms with E-state index in [2.05, 4.69) is 10.1 Å². The molecule has 1 atom stereocenters. The Hall–Kier alpha value is -2.67.